The molecule has 256 valence electrons. The first-order chi connectivity index (χ1) is 23.9. The van der Waals surface area contributed by atoms with E-state index < -0.39 is 11.6 Å². The first-order valence-electron chi connectivity index (χ1n) is 17.3. The highest BCUT2D eigenvalue weighted by molar-refractivity contribution is 5.78. The molecule has 0 aliphatic carbocycles. The summed E-state index contributed by atoms with van der Waals surface area (Å²) in [6, 6.07) is 12.5. The number of benzene rings is 1. The second-order valence-corrected chi connectivity index (χ2v) is 13.3. The van der Waals surface area contributed by atoms with Gasteiger partial charge in [-0.2, -0.15) is 5.26 Å². The molecule has 0 spiro atoms. The Labute approximate surface area is 285 Å². The van der Waals surface area contributed by atoms with Gasteiger partial charge in [0.05, 0.1) is 12.3 Å². The van der Waals surface area contributed by atoms with Crippen molar-refractivity contribution in [2.45, 2.75) is 38.1 Å². The molecule has 4 aromatic rings. The van der Waals surface area contributed by atoms with E-state index in [1.807, 2.05) is 35.2 Å². The monoisotopic (exact) mass is 668 g/mol. The van der Waals surface area contributed by atoms with Gasteiger partial charge in [-0.1, -0.05) is 12.1 Å². The SMILES string of the molecule is CN1CCN(c2ccc(-c3nc(-c4cnc5ccc(F)cn45)nc(N(CCN4CCCC4)C4CCCN(C(=O)CC#N)C4)c3F)cc2)CC1. The average Bonchev–Trinajstić information content (AvgIpc) is 3.80. The van der Waals surface area contributed by atoms with Gasteiger partial charge in [0.2, 0.25) is 5.91 Å². The lowest BCUT2D eigenvalue weighted by atomic mass is 10.0. The summed E-state index contributed by atoms with van der Waals surface area (Å²) >= 11 is 0. The van der Waals surface area contributed by atoms with Crippen molar-refractivity contribution in [3.05, 3.63) is 60.4 Å². The van der Waals surface area contributed by atoms with Crippen LogP contribution in [0.25, 0.3) is 28.4 Å². The van der Waals surface area contributed by atoms with E-state index >= 15 is 4.39 Å². The maximum Gasteiger partial charge on any atom is 0.236 e. The number of imidazole rings is 1. The van der Waals surface area contributed by atoms with Gasteiger partial charge >= 0.3 is 0 Å². The lowest BCUT2D eigenvalue weighted by Gasteiger charge is -2.40. The fourth-order valence-corrected chi connectivity index (χ4v) is 7.28. The van der Waals surface area contributed by atoms with Crippen molar-refractivity contribution in [1.29, 1.82) is 5.26 Å². The molecule has 3 aromatic heterocycles. The molecule has 1 amide bonds. The predicted octanol–water partition coefficient (Wildman–Crippen LogP) is 4.30. The van der Waals surface area contributed by atoms with Gasteiger partial charge in [0.25, 0.3) is 0 Å². The lowest BCUT2D eigenvalue weighted by molar-refractivity contribution is -0.131. The Morgan fingerprint density at radius 1 is 0.980 bits per heavy atom. The number of fused-ring (bicyclic) bond motifs is 1. The van der Waals surface area contributed by atoms with Crippen molar-refractivity contribution in [2.24, 2.45) is 0 Å². The quantitative estimate of drug-likeness (QED) is 0.259. The highest BCUT2D eigenvalue weighted by Gasteiger charge is 2.32. The third kappa shape index (κ3) is 7.07. The van der Waals surface area contributed by atoms with Crippen molar-refractivity contribution < 1.29 is 13.6 Å². The zero-order chi connectivity index (χ0) is 33.9. The Hall–Kier alpha value is -4.67. The Balaban J connectivity index is 1.32. The maximum atomic E-state index is 17.1. The Kier molecular flexibility index (Phi) is 9.68. The zero-order valence-electron chi connectivity index (χ0n) is 27.9. The zero-order valence-corrected chi connectivity index (χ0v) is 27.9. The van der Waals surface area contributed by atoms with Crippen molar-refractivity contribution in [3.63, 3.8) is 0 Å². The van der Waals surface area contributed by atoms with Crippen molar-refractivity contribution in [3.8, 4) is 28.8 Å². The molecule has 7 rings (SSSR count). The van der Waals surface area contributed by atoms with E-state index in [0.717, 1.165) is 77.2 Å². The molecule has 1 unspecified atom stereocenters. The number of likely N-dealkylation sites (tertiary alicyclic amines) is 2. The molecule has 6 heterocycles. The highest BCUT2D eigenvalue weighted by atomic mass is 19.1. The number of rotatable bonds is 9. The van der Waals surface area contributed by atoms with Crippen LogP contribution >= 0.6 is 0 Å². The van der Waals surface area contributed by atoms with E-state index in [9.17, 15) is 14.4 Å². The minimum absolute atomic E-state index is 0.147. The van der Waals surface area contributed by atoms with Crippen molar-refractivity contribution in [1.82, 2.24) is 34.1 Å². The Morgan fingerprint density at radius 3 is 2.51 bits per heavy atom. The van der Waals surface area contributed by atoms with Crippen LogP contribution < -0.4 is 9.80 Å². The van der Waals surface area contributed by atoms with Gasteiger partial charge in [-0.05, 0) is 70.1 Å². The topological polar surface area (TPSA) is 100 Å². The van der Waals surface area contributed by atoms with Crippen LogP contribution in [-0.4, -0.2) is 118 Å². The van der Waals surface area contributed by atoms with Crippen LogP contribution in [0, 0.1) is 23.0 Å². The van der Waals surface area contributed by atoms with Gasteiger partial charge in [-0.15, -0.1) is 0 Å². The van der Waals surface area contributed by atoms with Crippen LogP contribution in [0.3, 0.4) is 0 Å². The third-order valence-electron chi connectivity index (χ3n) is 10.1. The number of piperazine rings is 1. The fourth-order valence-electron chi connectivity index (χ4n) is 7.28. The number of hydrogen-bond acceptors (Lipinski definition) is 9. The molecule has 3 fully saturated rings. The molecule has 11 nitrogen and oxygen atoms in total. The molecule has 13 heteroatoms. The second-order valence-electron chi connectivity index (χ2n) is 13.3. The van der Waals surface area contributed by atoms with Crippen molar-refractivity contribution in [2.75, 3.05) is 82.3 Å². The molecule has 3 saturated heterocycles. The molecule has 3 aliphatic rings. The van der Waals surface area contributed by atoms with Gasteiger partial charge in [0.15, 0.2) is 17.5 Å². The molecular formula is C36H42F2N10O. The predicted molar refractivity (Wildman–Crippen MR) is 184 cm³/mol. The number of hydrogen-bond donors (Lipinski definition) is 0. The number of halogens is 2. The van der Waals surface area contributed by atoms with E-state index in [0.29, 0.717) is 36.5 Å². The van der Waals surface area contributed by atoms with Gasteiger partial charge in [0.1, 0.15) is 29.3 Å². The van der Waals surface area contributed by atoms with Crippen LogP contribution in [0.4, 0.5) is 20.3 Å². The molecule has 3 aliphatic heterocycles. The minimum Gasteiger partial charge on any atom is -0.369 e. The number of piperidine rings is 1. The smallest absolute Gasteiger partial charge is 0.236 e. The molecule has 49 heavy (non-hydrogen) atoms. The van der Waals surface area contributed by atoms with Gasteiger partial charge in [-0.3, -0.25) is 9.20 Å². The molecule has 1 aromatic carbocycles. The number of anilines is 2. The van der Waals surface area contributed by atoms with E-state index in [4.69, 9.17) is 9.97 Å². The summed E-state index contributed by atoms with van der Waals surface area (Å²) < 4.78 is 33.2. The van der Waals surface area contributed by atoms with Crippen LogP contribution in [0.15, 0.2) is 48.8 Å². The normalized spacial score (nSPS) is 19.0. The standard InChI is InChI=1S/C36H42F2N10O/c1-43-17-20-45(21-18-43)28-9-6-26(7-10-28)34-33(38)36(42-35(41-34)30-23-40-31-11-8-27(37)24-48(30)31)47(22-19-44-14-2-3-15-44)29-5-4-16-46(25-29)32(49)12-13-39/h6-11,23-24,29H,2-5,12,14-22,25H2,1H3. The summed E-state index contributed by atoms with van der Waals surface area (Å²) in [5.41, 5.74) is 2.79. The number of likely N-dealkylation sites (N-methyl/N-ethyl adjacent to an activating group) is 1. The lowest BCUT2D eigenvalue weighted by Crippen LogP contribution is -2.52. The second kappa shape index (κ2) is 14.4. The van der Waals surface area contributed by atoms with E-state index in [2.05, 4.69) is 26.7 Å². The number of amides is 1. The molecule has 1 atom stereocenters. The third-order valence-corrected chi connectivity index (χ3v) is 10.1. The summed E-state index contributed by atoms with van der Waals surface area (Å²) in [5.74, 6) is -0.826. The largest absolute Gasteiger partial charge is 0.369 e. The molecular weight excluding hydrogens is 626 g/mol. The number of pyridine rings is 1. The number of carbonyl (C=O) groups is 1. The first kappa shape index (κ1) is 32.9. The fraction of sp³-hybridized carbons (Fsp3) is 0.472. The van der Waals surface area contributed by atoms with Crippen LogP contribution in [0.2, 0.25) is 0 Å². The first-order valence-corrected chi connectivity index (χ1v) is 17.3. The van der Waals surface area contributed by atoms with Gasteiger partial charge < -0.3 is 24.5 Å². The summed E-state index contributed by atoms with van der Waals surface area (Å²) in [5, 5.41) is 9.20. The van der Waals surface area contributed by atoms with Crippen LogP contribution in [0.1, 0.15) is 32.1 Å². The summed E-state index contributed by atoms with van der Waals surface area (Å²) in [7, 11) is 2.12. The number of aromatic nitrogens is 4. The summed E-state index contributed by atoms with van der Waals surface area (Å²) in [4.78, 5) is 37.6. The van der Waals surface area contributed by atoms with Gasteiger partial charge in [0, 0.05) is 75.8 Å². The van der Waals surface area contributed by atoms with Crippen molar-refractivity contribution >= 4 is 23.1 Å². The molecule has 0 saturated carbocycles. The number of nitriles is 1. The van der Waals surface area contributed by atoms with Gasteiger partial charge in [-0.25, -0.2) is 23.7 Å². The molecule has 0 N–H and O–H groups in total. The van der Waals surface area contributed by atoms with E-state index in [1.54, 1.807) is 21.6 Å². The number of nitrogens with zero attached hydrogens (tertiary/aromatic N) is 10. The molecule has 0 bridgehead atoms. The van der Waals surface area contributed by atoms with Crippen LogP contribution in [0.5, 0.6) is 0 Å². The average molecular weight is 669 g/mol. The molecule has 0 radical (unpaired) electrons. The Bertz CT molecular complexity index is 1830. The Morgan fingerprint density at radius 2 is 1.76 bits per heavy atom. The van der Waals surface area contributed by atoms with Crippen LogP contribution in [-0.2, 0) is 4.79 Å². The summed E-state index contributed by atoms with van der Waals surface area (Å²) in [6.07, 6.45) is 6.46. The highest BCUT2D eigenvalue weighted by Crippen LogP contribution is 2.34. The summed E-state index contributed by atoms with van der Waals surface area (Å²) in [6.45, 7) is 7.91. The van der Waals surface area contributed by atoms with E-state index in [-0.39, 0.29) is 35.7 Å². The maximum absolute atomic E-state index is 17.1. The minimum atomic E-state index is -0.544. The number of carbonyl (C=O) groups excluding carboxylic acids is 1. The van der Waals surface area contributed by atoms with E-state index in [1.165, 1.54) is 12.3 Å².